The van der Waals surface area contributed by atoms with Crippen molar-refractivity contribution in [2.24, 2.45) is 0 Å². The molecule has 2 aromatic rings. The van der Waals surface area contributed by atoms with Crippen LogP contribution in [0.1, 0.15) is 11.7 Å². The first-order valence-electron chi connectivity index (χ1n) is 6.85. The molecule has 1 aliphatic rings. The normalized spacial score (nSPS) is 18.3. The van der Waals surface area contributed by atoms with Crippen LogP contribution < -0.4 is 9.64 Å². The molecular formula is C15H15Cl2N3O2. The predicted molar refractivity (Wildman–Crippen MR) is 86.0 cm³/mol. The van der Waals surface area contributed by atoms with Crippen molar-refractivity contribution in [3.63, 3.8) is 0 Å². The lowest BCUT2D eigenvalue weighted by Gasteiger charge is -2.34. The molecule has 22 heavy (non-hydrogen) atoms. The average molecular weight is 340 g/mol. The van der Waals surface area contributed by atoms with Crippen LogP contribution in [0.25, 0.3) is 0 Å². The molecule has 2 heterocycles. The molecule has 3 rings (SSSR count). The highest BCUT2D eigenvalue weighted by atomic mass is 35.5. The number of methoxy groups -OCH3 is 1. The van der Waals surface area contributed by atoms with E-state index >= 15 is 0 Å². The van der Waals surface area contributed by atoms with Crippen LogP contribution in [0.2, 0.25) is 10.0 Å². The summed E-state index contributed by atoms with van der Waals surface area (Å²) in [7, 11) is 1.59. The summed E-state index contributed by atoms with van der Waals surface area (Å²) >= 11 is 12.1. The zero-order chi connectivity index (χ0) is 15.5. The van der Waals surface area contributed by atoms with Gasteiger partial charge in [-0.1, -0.05) is 29.3 Å². The van der Waals surface area contributed by atoms with Gasteiger partial charge in [-0.05, 0) is 17.7 Å². The Morgan fingerprint density at radius 3 is 2.82 bits per heavy atom. The lowest BCUT2D eigenvalue weighted by Crippen LogP contribution is -2.39. The van der Waals surface area contributed by atoms with E-state index in [1.54, 1.807) is 25.6 Å². The second-order valence-electron chi connectivity index (χ2n) is 4.87. The molecular weight excluding hydrogens is 325 g/mol. The first-order valence-corrected chi connectivity index (χ1v) is 7.61. The summed E-state index contributed by atoms with van der Waals surface area (Å²) < 4.78 is 11.1. The Kier molecular flexibility index (Phi) is 4.66. The van der Waals surface area contributed by atoms with Gasteiger partial charge < -0.3 is 14.4 Å². The number of anilines is 1. The zero-order valence-corrected chi connectivity index (χ0v) is 13.5. The van der Waals surface area contributed by atoms with E-state index in [4.69, 9.17) is 32.7 Å². The second kappa shape index (κ2) is 6.69. The van der Waals surface area contributed by atoms with Crippen molar-refractivity contribution in [2.75, 3.05) is 31.7 Å². The quantitative estimate of drug-likeness (QED) is 0.857. The Bertz CT molecular complexity index is 669. The summed E-state index contributed by atoms with van der Waals surface area (Å²) in [6.07, 6.45) is 3.16. The molecule has 1 saturated heterocycles. The van der Waals surface area contributed by atoms with E-state index in [2.05, 4.69) is 14.9 Å². The standard InChI is InChI=1S/C15H15Cl2N3O2/c1-21-15-14(18-4-5-19-15)20-6-7-22-13(9-20)10-2-3-11(16)12(17)8-10/h2-5,8,13H,6-7,9H2,1H3. The van der Waals surface area contributed by atoms with Crippen LogP contribution in [0.4, 0.5) is 5.82 Å². The van der Waals surface area contributed by atoms with Gasteiger partial charge in [0.25, 0.3) is 5.88 Å². The first-order chi connectivity index (χ1) is 10.7. The molecule has 1 atom stereocenters. The predicted octanol–water partition coefficient (Wildman–Crippen LogP) is 3.37. The Balaban J connectivity index is 1.83. The van der Waals surface area contributed by atoms with Gasteiger partial charge in [-0.25, -0.2) is 9.97 Å². The summed E-state index contributed by atoms with van der Waals surface area (Å²) in [6.45, 7) is 1.96. The Morgan fingerprint density at radius 2 is 2.05 bits per heavy atom. The molecule has 0 aliphatic carbocycles. The van der Waals surface area contributed by atoms with Gasteiger partial charge in [0, 0.05) is 18.9 Å². The van der Waals surface area contributed by atoms with Crippen LogP contribution in [0.15, 0.2) is 30.6 Å². The third-order valence-electron chi connectivity index (χ3n) is 3.52. The highest BCUT2D eigenvalue weighted by Crippen LogP contribution is 2.31. The fourth-order valence-electron chi connectivity index (χ4n) is 2.43. The minimum atomic E-state index is -0.102. The smallest absolute Gasteiger partial charge is 0.257 e. The Hall–Kier alpha value is -1.56. The molecule has 0 bridgehead atoms. The third kappa shape index (κ3) is 3.11. The van der Waals surface area contributed by atoms with Gasteiger partial charge in [-0.3, -0.25) is 0 Å². The number of rotatable bonds is 3. The molecule has 0 amide bonds. The van der Waals surface area contributed by atoms with Crippen molar-refractivity contribution in [1.29, 1.82) is 0 Å². The van der Waals surface area contributed by atoms with Gasteiger partial charge in [0.15, 0.2) is 5.82 Å². The monoisotopic (exact) mass is 339 g/mol. The number of hydrogen-bond acceptors (Lipinski definition) is 5. The van der Waals surface area contributed by atoms with Crippen LogP contribution in [-0.4, -0.2) is 36.8 Å². The van der Waals surface area contributed by atoms with Crippen LogP contribution in [0.3, 0.4) is 0 Å². The lowest BCUT2D eigenvalue weighted by atomic mass is 10.1. The number of nitrogens with zero attached hydrogens (tertiary/aromatic N) is 3. The number of morpholine rings is 1. The zero-order valence-electron chi connectivity index (χ0n) is 12.0. The van der Waals surface area contributed by atoms with Crippen molar-refractivity contribution >= 4 is 29.0 Å². The van der Waals surface area contributed by atoms with E-state index in [1.165, 1.54) is 0 Å². The fourth-order valence-corrected chi connectivity index (χ4v) is 2.74. The van der Waals surface area contributed by atoms with Crippen molar-refractivity contribution < 1.29 is 9.47 Å². The molecule has 1 aliphatic heterocycles. The molecule has 1 fully saturated rings. The van der Waals surface area contributed by atoms with E-state index in [9.17, 15) is 0 Å². The van der Waals surface area contributed by atoms with E-state index in [1.807, 2.05) is 12.1 Å². The SMILES string of the molecule is COc1nccnc1N1CCOC(c2ccc(Cl)c(Cl)c2)C1. The number of halogens is 2. The Labute approximate surface area is 138 Å². The van der Waals surface area contributed by atoms with Crippen molar-refractivity contribution in [2.45, 2.75) is 6.10 Å². The van der Waals surface area contributed by atoms with Crippen LogP contribution >= 0.6 is 23.2 Å². The fraction of sp³-hybridized carbons (Fsp3) is 0.333. The van der Waals surface area contributed by atoms with Crippen LogP contribution in [-0.2, 0) is 4.74 Å². The van der Waals surface area contributed by atoms with E-state index < -0.39 is 0 Å². The molecule has 1 aromatic carbocycles. The van der Waals surface area contributed by atoms with E-state index in [0.717, 1.165) is 17.9 Å². The molecule has 0 spiro atoms. The van der Waals surface area contributed by atoms with Gasteiger partial charge in [-0.2, -0.15) is 0 Å². The molecule has 7 heteroatoms. The summed E-state index contributed by atoms with van der Waals surface area (Å²) in [5.41, 5.74) is 0.988. The number of hydrogen-bond donors (Lipinski definition) is 0. The first kappa shape index (κ1) is 15.3. The highest BCUT2D eigenvalue weighted by molar-refractivity contribution is 6.42. The van der Waals surface area contributed by atoms with E-state index in [-0.39, 0.29) is 6.10 Å². The van der Waals surface area contributed by atoms with Crippen LogP contribution in [0.5, 0.6) is 5.88 Å². The topological polar surface area (TPSA) is 47.5 Å². The van der Waals surface area contributed by atoms with Crippen molar-refractivity contribution in [3.05, 3.63) is 46.2 Å². The van der Waals surface area contributed by atoms with E-state index in [0.29, 0.717) is 29.1 Å². The van der Waals surface area contributed by atoms with Gasteiger partial charge in [0.05, 0.1) is 30.3 Å². The van der Waals surface area contributed by atoms with Gasteiger partial charge in [-0.15, -0.1) is 0 Å². The maximum atomic E-state index is 6.09. The van der Waals surface area contributed by atoms with Crippen molar-refractivity contribution in [1.82, 2.24) is 9.97 Å². The highest BCUT2D eigenvalue weighted by Gasteiger charge is 2.25. The maximum absolute atomic E-state index is 6.09. The van der Waals surface area contributed by atoms with Gasteiger partial charge in [0.1, 0.15) is 6.10 Å². The number of aromatic nitrogens is 2. The Morgan fingerprint density at radius 1 is 1.23 bits per heavy atom. The summed E-state index contributed by atoms with van der Waals surface area (Å²) in [5.74, 6) is 1.23. The minimum Gasteiger partial charge on any atom is -0.478 e. The largest absolute Gasteiger partial charge is 0.478 e. The molecule has 0 N–H and O–H groups in total. The number of benzene rings is 1. The van der Waals surface area contributed by atoms with Gasteiger partial charge >= 0.3 is 0 Å². The maximum Gasteiger partial charge on any atom is 0.257 e. The third-order valence-corrected chi connectivity index (χ3v) is 4.26. The average Bonchev–Trinajstić information content (AvgIpc) is 2.57. The van der Waals surface area contributed by atoms with Gasteiger partial charge in [0.2, 0.25) is 0 Å². The molecule has 0 saturated carbocycles. The number of ether oxygens (including phenoxy) is 2. The minimum absolute atomic E-state index is 0.102. The van der Waals surface area contributed by atoms with Crippen molar-refractivity contribution in [3.8, 4) is 5.88 Å². The lowest BCUT2D eigenvalue weighted by molar-refractivity contribution is 0.0393. The van der Waals surface area contributed by atoms with Crippen LogP contribution in [0, 0.1) is 0 Å². The second-order valence-corrected chi connectivity index (χ2v) is 5.68. The summed E-state index contributed by atoms with van der Waals surface area (Å²) in [5, 5.41) is 1.06. The molecule has 1 aromatic heterocycles. The summed E-state index contributed by atoms with van der Waals surface area (Å²) in [6, 6.07) is 5.55. The molecule has 1 unspecified atom stereocenters. The molecule has 116 valence electrons. The molecule has 5 nitrogen and oxygen atoms in total. The molecule has 0 radical (unpaired) electrons. The summed E-state index contributed by atoms with van der Waals surface area (Å²) in [4.78, 5) is 10.7.